The van der Waals surface area contributed by atoms with E-state index in [0.717, 1.165) is 0 Å². The second-order valence-corrected chi connectivity index (χ2v) is 6.06. The lowest BCUT2D eigenvalue weighted by atomic mass is 10.1. The zero-order valence-electron chi connectivity index (χ0n) is 15.2. The Morgan fingerprint density at radius 1 is 0.966 bits per heavy atom. The maximum Gasteiger partial charge on any atom is 0.405 e. The van der Waals surface area contributed by atoms with Gasteiger partial charge < -0.3 is 10.6 Å². The van der Waals surface area contributed by atoms with Crippen molar-refractivity contribution in [3.63, 3.8) is 0 Å². The van der Waals surface area contributed by atoms with Crippen molar-refractivity contribution < 1.29 is 22.8 Å². The number of anilines is 1. The molecule has 7 nitrogen and oxygen atoms in total. The van der Waals surface area contributed by atoms with Gasteiger partial charge in [0.1, 0.15) is 6.54 Å². The molecule has 3 rings (SSSR count). The summed E-state index contributed by atoms with van der Waals surface area (Å²) < 4.78 is 37.0. The van der Waals surface area contributed by atoms with Gasteiger partial charge in [0, 0.05) is 0 Å². The molecule has 1 aromatic heterocycles. The summed E-state index contributed by atoms with van der Waals surface area (Å²) >= 11 is 0. The highest BCUT2D eigenvalue weighted by Crippen LogP contribution is 2.18. The van der Waals surface area contributed by atoms with E-state index in [4.69, 9.17) is 0 Å². The van der Waals surface area contributed by atoms with E-state index >= 15 is 0 Å². The average molecular weight is 403 g/mol. The van der Waals surface area contributed by atoms with Crippen LogP contribution >= 0.6 is 0 Å². The molecule has 150 valence electrons. The number of hydrogen-bond donors (Lipinski definition) is 2. The molecule has 10 heteroatoms. The number of halogens is 3. The lowest BCUT2D eigenvalue weighted by molar-refractivity contribution is -0.123. The molecule has 0 radical (unpaired) electrons. The third-order valence-corrected chi connectivity index (χ3v) is 3.85. The molecule has 3 aromatic rings. The Kier molecular flexibility index (Phi) is 5.62. The van der Waals surface area contributed by atoms with Crippen LogP contribution in [0.1, 0.15) is 26.5 Å². The van der Waals surface area contributed by atoms with Gasteiger partial charge in [-0.25, -0.2) is 0 Å². The number of benzene rings is 2. The molecule has 0 unspecified atom stereocenters. The Morgan fingerprint density at radius 3 is 2.31 bits per heavy atom. The van der Waals surface area contributed by atoms with Crippen LogP contribution in [0.5, 0.6) is 0 Å². The summed E-state index contributed by atoms with van der Waals surface area (Å²) in [5.74, 6) is -1.59. The van der Waals surface area contributed by atoms with Crippen LogP contribution in [0.2, 0.25) is 0 Å². The maximum absolute atomic E-state index is 12.6. The first-order valence-corrected chi connectivity index (χ1v) is 8.49. The fraction of sp³-hybridized carbons (Fsp3) is 0.158. The summed E-state index contributed by atoms with van der Waals surface area (Å²) in [6.07, 6.45) is -4.54. The summed E-state index contributed by atoms with van der Waals surface area (Å²) in [5.41, 5.74) is 0.996. The van der Waals surface area contributed by atoms with Gasteiger partial charge in [0.15, 0.2) is 5.69 Å². The third-order valence-electron chi connectivity index (χ3n) is 3.85. The van der Waals surface area contributed by atoms with Gasteiger partial charge in [-0.3, -0.25) is 9.59 Å². The normalized spacial score (nSPS) is 11.2. The highest BCUT2D eigenvalue weighted by Gasteiger charge is 2.28. The first kappa shape index (κ1) is 20.1. The quantitative estimate of drug-likeness (QED) is 0.685. The number of para-hydroxylation sites is 2. The number of aromatic nitrogens is 3. The van der Waals surface area contributed by atoms with E-state index in [-0.39, 0.29) is 16.9 Å². The summed E-state index contributed by atoms with van der Waals surface area (Å²) in [4.78, 5) is 26.0. The van der Waals surface area contributed by atoms with E-state index in [0.29, 0.717) is 11.4 Å². The molecule has 0 spiro atoms. The first-order valence-electron chi connectivity index (χ1n) is 8.49. The van der Waals surface area contributed by atoms with Gasteiger partial charge in [0.05, 0.1) is 22.6 Å². The minimum absolute atomic E-state index is 0.0272. The summed E-state index contributed by atoms with van der Waals surface area (Å²) in [7, 11) is 0. The molecule has 1 heterocycles. The molecule has 0 aliphatic heterocycles. The predicted octanol–water partition coefficient (Wildman–Crippen LogP) is 3.12. The van der Waals surface area contributed by atoms with Crippen molar-refractivity contribution in [2.24, 2.45) is 0 Å². The van der Waals surface area contributed by atoms with Crippen molar-refractivity contribution in [3.05, 3.63) is 71.5 Å². The van der Waals surface area contributed by atoms with E-state index < -0.39 is 24.5 Å². The zero-order valence-corrected chi connectivity index (χ0v) is 15.2. The summed E-state index contributed by atoms with van der Waals surface area (Å²) in [6.45, 7) is 0.127. The summed E-state index contributed by atoms with van der Waals surface area (Å²) in [6, 6.07) is 14.7. The summed E-state index contributed by atoms with van der Waals surface area (Å²) in [5, 5.41) is 12.7. The SMILES string of the molecule is Cc1nn(-c2ccccc2)nc1C(=O)Nc1ccccc1C(=O)NCC(F)(F)F. The smallest absolute Gasteiger partial charge is 0.343 e. The monoisotopic (exact) mass is 403 g/mol. The molecule has 2 N–H and O–H groups in total. The van der Waals surface area contributed by atoms with Crippen LogP contribution in [0, 0.1) is 6.92 Å². The Bertz CT molecular complexity index is 1030. The molecule has 0 saturated carbocycles. The Hall–Kier alpha value is -3.69. The number of aryl methyl sites for hydroxylation is 1. The third kappa shape index (κ3) is 4.98. The number of amides is 2. The van der Waals surface area contributed by atoms with Crippen LogP contribution < -0.4 is 10.6 Å². The highest BCUT2D eigenvalue weighted by atomic mass is 19.4. The molecule has 2 amide bonds. The Labute approximate surface area is 163 Å². The van der Waals surface area contributed by atoms with Gasteiger partial charge in [-0.1, -0.05) is 30.3 Å². The minimum Gasteiger partial charge on any atom is -0.343 e. The highest BCUT2D eigenvalue weighted by molar-refractivity contribution is 6.08. The van der Waals surface area contributed by atoms with Crippen LogP contribution in [-0.2, 0) is 0 Å². The number of alkyl halides is 3. The van der Waals surface area contributed by atoms with E-state index in [1.807, 2.05) is 6.07 Å². The van der Waals surface area contributed by atoms with Crippen molar-refractivity contribution in [2.75, 3.05) is 11.9 Å². The predicted molar refractivity (Wildman–Crippen MR) is 98.9 cm³/mol. The zero-order chi connectivity index (χ0) is 21.0. The number of rotatable bonds is 5. The first-order chi connectivity index (χ1) is 13.7. The lowest BCUT2D eigenvalue weighted by Gasteiger charge is -2.12. The van der Waals surface area contributed by atoms with Gasteiger partial charge in [0.25, 0.3) is 11.8 Å². The molecule has 0 saturated heterocycles. The minimum atomic E-state index is -4.54. The molecular formula is C19H16F3N5O2. The number of hydrogen-bond acceptors (Lipinski definition) is 4. The number of nitrogens with one attached hydrogen (secondary N) is 2. The van der Waals surface area contributed by atoms with E-state index in [9.17, 15) is 22.8 Å². The van der Waals surface area contributed by atoms with E-state index in [2.05, 4.69) is 15.5 Å². The number of carbonyl (C=O) groups excluding carboxylic acids is 2. The standard InChI is InChI=1S/C19H16F3N5O2/c1-12-16(26-27(25-12)13-7-3-2-4-8-13)18(29)24-15-10-6-5-9-14(15)17(28)23-11-19(20,21)22/h2-10H,11H2,1H3,(H,23,28)(H,24,29). The van der Waals surface area contributed by atoms with Crippen LogP contribution in [0.25, 0.3) is 5.69 Å². The van der Waals surface area contributed by atoms with E-state index in [1.54, 1.807) is 42.6 Å². The van der Waals surface area contributed by atoms with Gasteiger partial charge in [-0.2, -0.15) is 23.1 Å². The largest absolute Gasteiger partial charge is 0.405 e. The number of nitrogens with zero attached hydrogens (tertiary/aromatic N) is 3. The van der Waals surface area contributed by atoms with Crippen LogP contribution in [-0.4, -0.2) is 39.5 Å². The topological polar surface area (TPSA) is 88.9 Å². The molecule has 0 fully saturated rings. The van der Waals surface area contributed by atoms with Crippen molar-refractivity contribution in [3.8, 4) is 5.69 Å². The van der Waals surface area contributed by atoms with Crippen molar-refractivity contribution in [1.29, 1.82) is 0 Å². The van der Waals surface area contributed by atoms with Crippen LogP contribution in [0.3, 0.4) is 0 Å². The van der Waals surface area contributed by atoms with Gasteiger partial charge >= 0.3 is 6.18 Å². The van der Waals surface area contributed by atoms with Gasteiger partial charge in [0.2, 0.25) is 0 Å². The molecule has 0 aliphatic rings. The lowest BCUT2D eigenvalue weighted by Crippen LogP contribution is -2.34. The fourth-order valence-electron chi connectivity index (χ4n) is 2.51. The maximum atomic E-state index is 12.6. The molecule has 0 atom stereocenters. The second kappa shape index (κ2) is 8.13. The molecule has 2 aromatic carbocycles. The fourth-order valence-corrected chi connectivity index (χ4v) is 2.51. The second-order valence-electron chi connectivity index (χ2n) is 6.06. The number of carbonyl (C=O) groups is 2. The average Bonchev–Trinajstić information content (AvgIpc) is 3.08. The molecule has 0 bridgehead atoms. The van der Waals surface area contributed by atoms with Crippen molar-refractivity contribution in [2.45, 2.75) is 13.1 Å². The Morgan fingerprint density at radius 2 is 1.62 bits per heavy atom. The van der Waals surface area contributed by atoms with Gasteiger partial charge in [-0.15, -0.1) is 5.10 Å². The van der Waals surface area contributed by atoms with Crippen molar-refractivity contribution >= 4 is 17.5 Å². The molecule has 0 aliphatic carbocycles. The van der Waals surface area contributed by atoms with Gasteiger partial charge in [-0.05, 0) is 31.2 Å². The van der Waals surface area contributed by atoms with Crippen LogP contribution in [0.4, 0.5) is 18.9 Å². The van der Waals surface area contributed by atoms with Crippen LogP contribution in [0.15, 0.2) is 54.6 Å². The molecular weight excluding hydrogens is 387 g/mol. The molecule has 29 heavy (non-hydrogen) atoms. The van der Waals surface area contributed by atoms with Crippen molar-refractivity contribution in [1.82, 2.24) is 20.3 Å². The van der Waals surface area contributed by atoms with E-state index in [1.165, 1.54) is 23.0 Å². The Balaban J connectivity index is 1.80.